The lowest BCUT2D eigenvalue weighted by atomic mass is 10.3. The van der Waals surface area contributed by atoms with E-state index in [1.54, 1.807) is 30.0 Å². The smallest absolute Gasteiger partial charge is 0.0902 e. The van der Waals surface area contributed by atoms with E-state index < -0.39 is 29.0 Å². The zero-order valence-corrected chi connectivity index (χ0v) is 65.5. The van der Waals surface area contributed by atoms with Gasteiger partial charge >= 0.3 is 0 Å². The first-order chi connectivity index (χ1) is 47.0. The molecule has 0 unspecified atom stereocenters. The highest BCUT2D eigenvalue weighted by molar-refractivity contribution is 8.01. The highest BCUT2D eigenvalue weighted by atomic mass is 31.2. The summed E-state index contributed by atoms with van der Waals surface area (Å²) in [7, 11) is 1.18. The van der Waals surface area contributed by atoms with Gasteiger partial charge in [0.25, 0.3) is 54.5 Å². The summed E-state index contributed by atoms with van der Waals surface area (Å²) in [6.45, 7) is 36.6. The quantitative estimate of drug-likeness (QED) is 0.0374. The van der Waals surface area contributed by atoms with Crippen LogP contribution in [0.15, 0.2) is 243 Å². The lowest BCUT2D eigenvalue weighted by molar-refractivity contribution is 0.814. The SMILES string of the molecule is C#[N+]C.C#[N+]C.C#[N+]C.C#[N+]C.CCCC[P+](CCCC)(CCCC)CCCC.CCCC[P+](CCCC)(CCCC)c1ccccc1.CCCC[P+](c1ccccc1)(c1ccccc1)c1ccccc1.c1ccc([P+](c2ccccc2)(c2ccccc2)c2ccccc2)cc1. The molecule has 8 aromatic carbocycles. The van der Waals surface area contributed by atoms with Crippen molar-refractivity contribution in [3.05, 3.63) is 262 Å². The fourth-order valence-corrected chi connectivity index (χ4v) is 31.3. The lowest BCUT2D eigenvalue weighted by Gasteiger charge is -2.28. The second-order valence-electron chi connectivity index (χ2n) is 24.3. The molecular formula is C88H128N4P4+8. The van der Waals surface area contributed by atoms with Crippen LogP contribution >= 0.6 is 29.0 Å². The van der Waals surface area contributed by atoms with Gasteiger partial charge in [-0.3, -0.25) is 0 Å². The number of hydrogen-bond donors (Lipinski definition) is 0. The van der Waals surface area contributed by atoms with Gasteiger partial charge in [-0.25, -0.2) is 0 Å². The van der Waals surface area contributed by atoms with Crippen molar-refractivity contribution in [2.45, 2.75) is 158 Å². The summed E-state index contributed by atoms with van der Waals surface area (Å²) in [5, 5.41) is 11.7. The van der Waals surface area contributed by atoms with Gasteiger partial charge in [0.05, 0.1) is 54.6 Å². The van der Waals surface area contributed by atoms with Crippen LogP contribution in [0.25, 0.3) is 19.4 Å². The van der Waals surface area contributed by atoms with Crippen molar-refractivity contribution in [1.82, 2.24) is 0 Å². The van der Waals surface area contributed by atoms with Gasteiger partial charge in [0.1, 0.15) is 51.7 Å². The largest absolute Gasteiger partial charge is 0.257 e. The summed E-state index contributed by atoms with van der Waals surface area (Å²) >= 11 is 0. The number of hydrogen-bond acceptors (Lipinski definition) is 0. The predicted octanol–water partition coefficient (Wildman–Crippen LogP) is 23.3. The van der Waals surface area contributed by atoms with E-state index in [0.29, 0.717) is 0 Å². The van der Waals surface area contributed by atoms with Gasteiger partial charge in [0.15, 0.2) is 0 Å². The third-order valence-corrected chi connectivity index (χ3v) is 35.9. The fourth-order valence-electron chi connectivity index (χ4n) is 12.3. The Labute approximate surface area is 591 Å². The van der Waals surface area contributed by atoms with Crippen LogP contribution in [-0.4, -0.2) is 77.5 Å². The molecule has 0 radical (unpaired) electrons. The Morgan fingerprint density at radius 2 is 0.375 bits per heavy atom. The Hall–Kier alpha value is -6.56. The molecule has 0 aliphatic rings. The lowest BCUT2D eigenvalue weighted by Crippen LogP contribution is -2.38. The summed E-state index contributed by atoms with van der Waals surface area (Å²) in [5.41, 5.74) is 0. The highest BCUT2D eigenvalue weighted by Gasteiger charge is 2.48. The minimum absolute atomic E-state index is 0.562. The number of unbranched alkanes of at least 4 members (excludes halogenated alkanes) is 8. The minimum Gasteiger partial charge on any atom is -0.0902 e. The van der Waals surface area contributed by atoms with Crippen LogP contribution in [0.1, 0.15) is 158 Å². The van der Waals surface area contributed by atoms with Gasteiger partial charge in [-0.05, 0) is 148 Å². The Kier molecular flexibility index (Phi) is 51.4. The van der Waals surface area contributed by atoms with Gasteiger partial charge in [-0.2, -0.15) is 0 Å². The summed E-state index contributed by atoms with van der Waals surface area (Å²) in [4.78, 5) is 12.0. The Balaban J connectivity index is 0.000000611. The zero-order chi connectivity index (χ0) is 70.7. The molecule has 0 bridgehead atoms. The monoisotopic (exact) mass is 1360 g/mol. The molecule has 8 heteroatoms. The molecule has 0 heterocycles. The van der Waals surface area contributed by atoms with Crippen molar-refractivity contribution in [1.29, 1.82) is 0 Å². The molecule has 0 aliphatic heterocycles. The van der Waals surface area contributed by atoms with Crippen molar-refractivity contribution in [2.75, 3.05) is 77.5 Å². The van der Waals surface area contributed by atoms with Crippen molar-refractivity contribution in [3.63, 3.8) is 0 Å². The first-order valence-electron chi connectivity index (χ1n) is 36.1. The van der Waals surface area contributed by atoms with E-state index in [0.717, 1.165) is 0 Å². The molecule has 0 saturated heterocycles. The molecule has 0 amide bonds. The molecule has 0 atom stereocenters. The molecule has 96 heavy (non-hydrogen) atoms. The van der Waals surface area contributed by atoms with Crippen molar-refractivity contribution in [3.8, 4) is 26.3 Å². The van der Waals surface area contributed by atoms with Gasteiger partial charge < -0.3 is 0 Å². The molecule has 8 aromatic rings. The number of benzene rings is 8. The molecule has 512 valence electrons. The Morgan fingerprint density at radius 1 is 0.219 bits per heavy atom. The van der Waals surface area contributed by atoms with Crippen molar-refractivity contribution >= 4 is 71.5 Å². The van der Waals surface area contributed by atoms with Gasteiger partial charge in [-0.1, -0.05) is 272 Å². The van der Waals surface area contributed by atoms with E-state index in [1.807, 2.05) is 0 Å². The average Bonchev–Trinajstić information content (AvgIpc) is 0.747. The van der Waals surface area contributed by atoms with Crippen LogP contribution in [0.3, 0.4) is 0 Å². The molecule has 0 saturated carbocycles. The van der Waals surface area contributed by atoms with Gasteiger partial charge in [0.2, 0.25) is 0 Å². The van der Waals surface area contributed by atoms with E-state index in [1.165, 1.54) is 193 Å². The van der Waals surface area contributed by atoms with Crippen molar-refractivity contribution < 1.29 is 0 Å². The van der Waals surface area contributed by atoms with Crippen LogP contribution in [0, 0.1) is 26.3 Å². The maximum absolute atomic E-state index is 4.47. The van der Waals surface area contributed by atoms with Crippen LogP contribution in [0.5, 0.6) is 0 Å². The molecule has 0 fully saturated rings. The van der Waals surface area contributed by atoms with E-state index in [4.69, 9.17) is 0 Å². The van der Waals surface area contributed by atoms with E-state index in [9.17, 15) is 0 Å². The van der Waals surface area contributed by atoms with Gasteiger partial charge in [0, 0.05) is 14.5 Å². The highest BCUT2D eigenvalue weighted by Crippen LogP contribution is 2.62. The fraction of sp³-hybridized carbons (Fsp3) is 0.409. The first kappa shape index (κ1) is 87.5. The topological polar surface area (TPSA) is 17.4 Å². The summed E-state index contributed by atoms with van der Waals surface area (Å²) in [6, 6.07) is 88.7. The molecule has 4 nitrogen and oxygen atoms in total. The second kappa shape index (κ2) is 56.5. The molecule has 0 aliphatic carbocycles. The maximum Gasteiger partial charge on any atom is 0.257 e. The predicted molar refractivity (Wildman–Crippen MR) is 451 cm³/mol. The van der Waals surface area contributed by atoms with Crippen LogP contribution in [0.2, 0.25) is 0 Å². The third kappa shape index (κ3) is 30.9. The molecule has 8 rings (SSSR count). The molecule has 0 aromatic heterocycles. The molecular weight excluding hydrogens is 1240 g/mol. The first-order valence-corrected chi connectivity index (χ1v) is 44.7. The maximum atomic E-state index is 4.47. The summed E-state index contributed by atoms with van der Waals surface area (Å²) < 4.78 is 0. The van der Waals surface area contributed by atoms with E-state index >= 15 is 0 Å². The van der Waals surface area contributed by atoms with Gasteiger partial charge in [-0.15, -0.1) is 0 Å². The zero-order valence-electron chi connectivity index (χ0n) is 62.0. The standard InChI is InChI=1S/C24H20P.C22H24P.C18H32P.C16H36P.4C2H4N/c1-5-13-21(14-6-1)25(22-15-7-2-8-16-22,23-17-9-3-10-18-23)24-19-11-4-12-20-24;1-2-3-19-23(20-13-7-4-8-14-20,21-15-9-5-10-16-21)22-17-11-6-12-18-22;1-4-7-15-19(16-8-5-2,17-9-6-3)18-13-11-10-12-14-18;1-5-9-13-17(14-10-6-2,15-11-7-3)16-12-8-4;4*1-3-2/h1-20H;4-18H,2-3,19H2,1H3;10-14H,4-9,15-17H2,1-3H3;5-16H2,1-4H3;4*1H,2H3/q8*+1. The third-order valence-electron chi connectivity index (χ3n) is 17.1. The Bertz CT molecular complexity index is 2870. The number of rotatable bonds is 32. The molecule has 0 N–H and O–H groups in total. The van der Waals surface area contributed by atoms with Crippen LogP contribution in [0.4, 0.5) is 0 Å². The normalized spacial score (nSPS) is 10.4. The van der Waals surface area contributed by atoms with Crippen molar-refractivity contribution in [2.24, 2.45) is 0 Å². The summed E-state index contributed by atoms with van der Waals surface area (Å²) in [6.07, 6.45) is 34.4. The molecule has 0 spiro atoms. The Morgan fingerprint density at radius 3 is 0.562 bits per heavy atom. The van der Waals surface area contributed by atoms with Crippen LogP contribution in [-0.2, 0) is 0 Å². The van der Waals surface area contributed by atoms with Crippen LogP contribution < -0.4 is 42.4 Å². The summed E-state index contributed by atoms with van der Waals surface area (Å²) in [5.74, 6) is 0. The second-order valence-corrected chi connectivity index (χ2v) is 39.9. The number of nitrogens with zero attached hydrogens (tertiary/aromatic N) is 4. The average molecular weight is 1370 g/mol. The minimum atomic E-state index is -1.91. The van der Waals surface area contributed by atoms with E-state index in [-0.39, 0.29) is 0 Å². The van der Waals surface area contributed by atoms with E-state index in [2.05, 4.69) is 344 Å².